The Labute approximate surface area is 144 Å². The molecule has 0 amide bonds. The fraction of sp³-hybridized carbons (Fsp3) is 0.476. The Bertz CT molecular complexity index is 679. The largest absolute Gasteiger partial charge is 0.396 e. The van der Waals surface area contributed by atoms with E-state index in [-0.39, 0.29) is 5.41 Å². The first kappa shape index (κ1) is 15.8. The summed E-state index contributed by atoms with van der Waals surface area (Å²) in [6.07, 6.45) is 6.62. The molecule has 2 aliphatic heterocycles. The van der Waals surface area contributed by atoms with Gasteiger partial charge in [0.15, 0.2) is 0 Å². The third-order valence-corrected chi connectivity index (χ3v) is 6.29. The standard InChI is InChI=1S/C21H26N2O/c1-2-21(15-24)13-18-10-11-20(21)23(18)14-16-6-8-17(9-7-16)19-5-3-4-12-22-19/h3-9,12,18,20,24H,2,10-11,13-15H2,1H3/t18-,20+,21-/m0/s1. The topological polar surface area (TPSA) is 36.4 Å². The summed E-state index contributed by atoms with van der Waals surface area (Å²) in [5.74, 6) is 0. The molecular formula is C21H26N2O. The molecule has 3 nitrogen and oxygen atoms in total. The molecule has 1 N–H and O–H groups in total. The van der Waals surface area contributed by atoms with Gasteiger partial charge in [0.05, 0.1) is 12.3 Å². The summed E-state index contributed by atoms with van der Waals surface area (Å²) in [6.45, 7) is 3.57. The number of benzene rings is 1. The van der Waals surface area contributed by atoms with Crippen LogP contribution in [-0.2, 0) is 6.54 Å². The van der Waals surface area contributed by atoms with Gasteiger partial charge in [0.1, 0.15) is 0 Å². The van der Waals surface area contributed by atoms with E-state index in [0.717, 1.165) is 25.1 Å². The molecule has 3 heterocycles. The zero-order valence-electron chi connectivity index (χ0n) is 14.4. The van der Waals surface area contributed by atoms with Crippen molar-refractivity contribution in [3.05, 3.63) is 54.2 Å². The minimum atomic E-state index is 0.136. The van der Waals surface area contributed by atoms with Crippen molar-refractivity contribution in [1.29, 1.82) is 0 Å². The Balaban J connectivity index is 1.50. The maximum Gasteiger partial charge on any atom is 0.0701 e. The summed E-state index contributed by atoms with van der Waals surface area (Å²) < 4.78 is 0. The highest BCUT2D eigenvalue weighted by Crippen LogP contribution is 2.51. The molecule has 2 aliphatic rings. The quantitative estimate of drug-likeness (QED) is 0.908. The predicted octanol–water partition coefficient (Wildman–Crippen LogP) is 3.87. The van der Waals surface area contributed by atoms with E-state index >= 15 is 0 Å². The van der Waals surface area contributed by atoms with Gasteiger partial charge in [-0.2, -0.15) is 0 Å². The Morgan fingerprint density at radius 2 is 2.00 bits per heavy atom. The second kappa shape index (κ2) is 6.30. The van der Waals surface area contributed by atoms with Crippen LogP contribution in [0.3, 0.4) is 0 Å². The first-order chi connectivity index (χ1) is 11.8. The van der Waals surface area contributed by atoms with Crippen molar-refractivity contribution >= 4 is 0 Å². The maximum atomic E-state index is 9.95. The maximum absolute atomic E-state index is 9.95. The van der Waals surface area contributed by atoms with E-state index < -0.39 is 0 Å². The highest BCUT2D eigenvalue weighted by atomic mass is 16.3. The van der Waals surface area contributed by atoms with Gasteiger partial charge in [-0.05, 0) is 43.4 Å². The molecule has 0 saturated carbocycles. The molecule has 24 heavy (non-hydrogen) atoms. The molecule has 0 unspecified atom stereocenters. The minimum absolute atomic E-state index is 0.136. The van der Waals surface area contributed by atoms with Crippen molar-refractivity contribution in [2.24, 2.45) is 5.41 Å². The van der Waals surface area contributed by atoms with E-state index in [1.165, 1.54) is 24.0 Å². The molecule has 3 atom stereocenters. The highest BCUT2D eigenvalue weighted by Gasteiger charge is 2.54. The normalized spacial score (nSPS) is 29.2. The second-order valence-corrected chi connectivity index (χ2v) is 7.41. The first-order valence-corrected chi connectivity index (χ1v) is 9.13. The molecular weight excluding hydrogens is 296 g/mol. The molecule has 2 saturated heterocycles. The Hall–Kier alpha value is -1.71. The van der Waals surface area contributed by atoms with Crippen LogP contribution in [0.1, 0.15) is 38.2 Å². The van der Waals surface area contributed by atoms with Crippen LogP contribution in [0, 0.1) is 5.41 Å². The summed E-state index contributed by atoms with van der Waals surface area (Å²) in [5, 5.41) is 9.95. The van der Waals surface area contributed by atoms with Gasteiger partial charge < -0.3 is 5.11 Å². The summed E-state index contributed by atoms with van der Waals surface area (Å²) in [4.78, 5) is 7.07. The van der Waals surface area contributed by atoms with Crippen molar-refractivity contribution < 1.29 is 5.11 Å². The van der Waals surface area contributed by atoms with Gasteiger partial charge in [-0.15, -0.1) is 0 Å². The number of hydrogen-bond donors (Lipinski definition) is 1. The Morgan fingerprint density at radius 3 is 2.62 bits per heavy atom. The lowest BCUT2D eigenvalue weighted by Crippen LogP contribution is -2.39. The van der Waals surface area contributed by atoms with Crippen LogP contribution in [-0.4, -0.2) is 33.7 Å². The van der Waals surface area contributed by atoms with E-state index in [1.54, 1.807) is 0 Å². The number of aliphatic hydroxyl groups is 1. The lowest BCUT2D eigenvalue weighted by molar-refractivity contribution is 0.0714. The molecule has 4 rings (SSSR count). The second-order valence-electron chi connectivity index (χ2n) is 7.41. The van der Waals surface area contributed by atoms with Crippen molar-refractivity contribution in [3.8, 4) is 11.3 Å². The molecule has 2 bridgehead atoms. The number of aromatic nitrogens is 1. The van der Waals surface area contributed by atoms with Crippen molar-refractivity contribution in [2.45, 2.75) is 51.2 Å². The fourth-order valence-corrected chi connectivity index (χ4v) is 4.85. The van der Waals surface area contributed by atoms with E-state index in [4.69, 9.17) is 0 Å². The van der Waals surface area contributed by atoms with Crippen LogP contribution in [0.4, 0.5) is 0 Å². The van der Waals surface area contributed by atoms with Crippen LogP contribution in [0.25, 0.3) is 11.3 Å². The molecule has 126 valence electrons. The minimum Gasteiger partial charge on any atom is -0.396 e. The van der Waals surface area contributed by atoms with Crippen molar-refractivity contribution in [3.63, 3.8) is 0 Å². The molecule has 1 aromatic carbocycles. The van der Waals surface area contributed by atoms with E-state index in [0.29, 0.717) is 18.7 Å². The van der Waals surface area contributed by atoms with Gasteiger partial charge in [0.25, 0.3) is 0 Å². The summed E-state index contributed by atoms with van der Waals surface area (Å²) >= 11 is 0. The number of aliphatic hydroxyl groups excluding tert-OH is 1. The van der Waals surface area contributed by atoms with Gasteiger partial charge >= 0.3 is 0 Å². The van der Waals surface area contributed by atoms with Crippen LogP contribution in [0.5, 0.6) is 0 Å². The molecule has 2 aromatic rings. The Morgan fingerprint density at radius 1 is 1.17 bits per heavy atom. The summed E-state index contributed by atoms with van der Waals surface area (Å²) in [5.41, 5.74) is 3.69. The first-order valence-electron chi connectivity index (χ1n) is 9.13. The third kappa shape index (κ3) is 2.56. The van der Waals surface area contributed by atoms with E-state index in [2.05, 4.69) is 41.1 Å². The monoisotopic (exact) mass is 322 g/mol. The zero-order valence-corrected chi connectivity index (χ0v) is 14.4. The number of fused-ring (bicyclic) bond motifs is 2. The van der Waals surface area contributed by atoms with Crippen molar-refractivity contribution in [2.75, 3.05) is 6.61 Å². The third-order valence-electron chi connectivity index (χ3n) is 6.29. The number of pyridine rings is 1. The van der Waals surface area contributed by atoms with Crippen LogP contribution < -0.4 is 0 Å². The Kier molecular flexibility index (Phi) is 4.15. The molecule has 0 aliphatic carbocycles. The summed E-state index contributed by atoms with van der Waals surface area (Å²) in [6, 6.07) is 16.0. The highest BCUT2D eigenvalue weighted by molar-refractivity contribution is 5.58. The average molecular weight is 322 g/mol. The lowest BCUT2D eigenvalue weighted by atomic mass is 9.72. The predicted molar refractivity (Wildman–Crippen MR) is 96.5 cm³/mol. The number of nitrogens with zero attached hydrogens (tertiary/aromatic N) is 2. The van der Waals surface area contributed by atoms with Gasteiger partial charge in [0, 0.05) is 35.8 Å². The lowest BCUT2D eigenvalue weighted by Gasteiger charge is -2.35. The van der Waals surface area contributed by atoms with E-state index in [1.807, 2.05) is 24.4 Å². The molecule has 2 fully saturated rings. The molecule has 3 heteroatoms. The molecule has 0 spiro atoms. The van der Waals surface area contributed by atoms with Gasteiger partial charge in [0.2, 0.25) is 0 Å². The van der Waals surface area contributed by atoms with Crippen LogP contribution in [0.15, 0.2) is 48.7 Å². The zero-order chi connectivity index (χ0) is 16.6. The number of rotatable bonds is 5. The van der Waals surface area contributed by atoms with E-state index in [9.17, 15) is 5.11 Å². The summed E-state index contributed by atoms with van der Waals surface area (Å²) in [7, 11) is 0. The fourth-order valence-electron chi connectivity index (χ4n) is 4.85. The SMILES string of the molecule is CC[C@@]1(CO)C[C@@H]2CC[C@H]1N2Cc1ccc(-c2ccccn2)cc1. The number of hydrogen-bond acceptors (Lipinski definition) is 3. The van der Waals surface area contributed by atoms with Crippen LogP contribution >= 0.6 is 0 Å². The van der Waals surface area contributed by atoms with Gasteiger partial charge in [-0.3, -0.25) is 9.88 Å². The molecule has 0 radical (unpaired) electrons. The average Bonchev–Trinajstić information content (AvgIpc) is 3.18. The van der Waals surface area contributed by atoms with Gasteiger partial charge in [-0.25, -0.2) is 0 Å². The van der Waals surface area contributed by atoms with Gasteiger partial charge in [-0.1, -0.05) is 37.3 Å². The molecule has 1 aromatic heterocycles. The van der Waals surface area contributed by atoms with Crippen molar-refractivity contribution in [1.82, 2.24) is 9.88 Å². The smallest absolute Gasteiger partial charge is 0.0701 e. The van der Waals surface area contributed by atoms with Crippen LogP contribution in [0.2, 0.25) is 0 Å².